The highest BCUT2D eigenvalue weighted by Crippen LogP contribution is 2.22. The number of anilines is 1. The standard InChI is InChI=1S/C11H21N5/c1-7(2)8(3)10-13-11(15-14-10)16-5-4-9(12)6-16/h7-9H,4-6,12H2,1-3H3,(H,13,14,15). The first-order valence-corrected chi connectivity index (χ1v) is 6.00. The van der Waals surface area contributed by atoms with E-state index in [-0.39, 0.29) is 6.04 Å². The Morgan fingerprint density at radius 2 is 2.19 bits per heavy atom. The molecule has 3 N–H and O–H groups in total. The van der Waals surface area contributed by atoms with E-state index in [2.05, 4.69) is 40.9 Å². The number of H-pyrrole nitrogens is 1. The Balaban J connectivity index is 2.07. The molecule has 0 aromatic carbocycles. The first kappa shape index (κ1) is 11.4. The topological polar surface area (TPSA) is 70.8 Å². The molecule has 0 aliphatic carbocycles. The molecule has 1 aliphatic heterocycles. The largest absolute Gasteiger partial charge is 0.338 e. The van der Waals surface area contributed by atoms with Crippen molar-refractivity contribution >= 4 is 5.95 Å². The van der Waals surface area contributed by atoms with Crippen LogP contribution in [0.4, 0.5) is 5.95 Å². The van der Waals surface area contributed by atoms with Gasteiger partial charge in [0.05, 0.1) is 0 Å². The number of nitrogens with one attached hydrogen (secondary N) is 1. The lowest BCUT2D eigenvalue weighted by Crippen LogP contribution is -2.27. The average molecular weight is 223 g/mol. The van der Waals surface area contributed by atoms with E-state index in [0.717, 1.165) is 31.3 Å². The molecule has 1 aromatic rings. The van der Waals surface area contributed by atoms with E-state index < -0.39 is 0 Å². The van der Waals surface area contributed by atoms with Crippen LogP contribution >= 0.6 is 0 Å². The highest BCUT2D eigenvalue weighted by molar-refractivity contribution is 5.31. The summed E-state index contributed by atoms with van der Waals surface area (Å²) in [5.41, 5.74) is 5.87. The molecule has 2 atom stereocenters. The number of hydrogen-bond donors (Lipinski definition) is 2. The number of aromatic amines is 1. The van der Waals surface area contributed by atoms with Crippen LogP contribution in [0.2, 0.25) is 0 Å². The zero-order valence-electron chi connectivity index (χ0n) is 10.3. The molecule has 0 spiro atoms. The van der Waals surface area contributed by atoms with Gasteiger partial charge in [-0.25, -0.2) is 0 Å². The Morgan fingerprint density at radius 3 is 2.75 bits per heavy atom. The van der Waals surface area contributed by atoms with Crippen molar-refractivity contribution in [3.63, 3.8) is 0 Å². The number of nitrogens with zero attached hydrogens (tertiary/aromatic N) is 3. The molecule has 5 nitrogen and oxygen atoms in total. The van der Waals surface area contributed by atoms with E-state index in [1.54, 1.807) is 0 Å². The summed E-state index contributed by atoms with van der Waals surface area (Å²) in [5, 5.41) is 7.31. The van der Waals surface area contributed by atoms with E-state index in [0.29, 0.717) is 11.8 Å². The number of rotatable bonds is 3. The van der Waals surface area contributed by atoms with Gasteiger partial charge in [-0.2, -0.15) is 4.98 Å². The van der Waals surface area contributed by atoms with E-state index >= 15 is 0 Å². The van der Waals surface area contributed by atoms with Crippen molar-refractivity contribution in [2.24, 2.45) is 11.7 Å². The molecule has 0 radical (unpaired) electrons. The summed E-state index contributed by atoms with van der Waals surface area (Å²) in [6, 6.07) is 0.268. The molecule has 2 rings (SSSR count). The SMILES string of the molecule is CC(C)C(C)c1nc(N2CCC(N)C2)n[nH]1. The first-order chi connectivity index (χ1) is 7.58. The van der Waals surface area contributed by atoms with E-state index in [1.165, 1.54) is 0 Å². The minimum absolute atomic E-state index is 0.268. The molecule has 0 saturated carbocycles. The third-order valence-electron chi connectivity index (χ3n) is 3.43. The van der Waals surface area contributed by atoms with Crippen LogP contribution < -0.4 is 10.6 Å². The number of aromatic nitrogens is 3. The van der Waals surface area contributed by atoms with Crippen LogP contribution in [0.5, 0.6) is 0 Å². The van der Waals surface area contributed by atoms with Crippen LogP contribution in [0.3, 0.4) is 0 Å². The first-order valence-electron chi connectivity index (χ1n) is 6.00. The Labute approximate surface area is 96.4 Å². The van der Waals surface area contributed by atoms with Crippen molar-refractivity contribution in [3.05, 3.63) is 5.82 Å². The van der Waals surface area contributed by atoms with E-state index in [9.17, 15) is 0 Å². The van der Waals surface area contributed by atoms with Crippen LogP contribution in [0.15, 0.2) is 0 Å². The van der Waals surface area contributed by atoms with Gasteiger partial charge < -0.3 is 10.6 Å². The normalized spacial score (nSPS) is 23.1. The quantitative estimate of drug-likeness (QED) is 0.805. The van der Waals surface area contributed by atoms with Crippen LogP contribution in [-0.2, 0) is 0 Å². The monoisotopic (exact) mass is 223 g/mol. The molecule has 1 aliphatic rings. The molecular weight excluding hydrogens is 202 g/mol. The third kappa shape index (κ3) is 2.19. The fourth-order valence-corrected chi connectivity index (χ4v) is 1.89. The predicted molar refractivity (Wildman–Crippen MR) is 64.4 cm³/mol. The molecule has 90 valence electrons. The average Bonchev–Trinajstić information content (AvgIpc) is 2.84. The maximum absolute atomic E-state index is 5.87. The smallest absolute Gasteiger partial charge is 0.244 e. The predicted octanol–water partition coefficient (Wildman–Crippen LogP) is 1.10. The van der Waals surface area contributed by atoms with Gasteiger partial charge in [0, 0.05) is 25.0 Å². The second-order valence-electron chi connectivity index (χ2n) is 5.05. The maximum atomic E-state index is 5.87. The summed E-state index contributed by atoms with van der Waals surface area (Å²) >= 11 is 0. The van der Waals surface area contributed by atoms with Gasteiger partial charge in [0.1, 0.15) is 5.82 Å². The fourth-order valence-electron chi connectivity index (χ4n) is 1.89. The summed E-state index contributed by atoms with van der Waals surface area (Å²) in [4.78, 5) is 6.70. The lowest BCUT2D eigenvalue weighted by atomic mass is 9.98. The second-order valence-corrected chi connectivity index (χ2v) is 5.05. The number of nitrogens with two attached hydrogens (primary N) is 1. The minimum Gasteiger partial charge on any atom is -0.338 e. The highest BCUT2D eigenvalue weighted by atomic mass is 15.4. The molecular formula is C11H21N5. The molecule has 0 bridgehead atoms. The Morgan fingerprint density at radius 1 is 1.44 bits per heavy atom. The second kappa shape index (κ2) is 4.41. The molecule has 2 heterocycles. The van der Waals surface area contributed by atoms with E-state index in [4.69, 9.17) is 5.73 Å². The van der Waals surface area contributed by atoms with Crippen LogP contribution in [0.25, 0.3) is 0 Å². The highest BCUT2D eigenvalue weighted by Gasteiger charge is 2.23. The zero-order valence-corrected chi connectivity index (χ0v) is 10.3. The van der Waals surface area contributed by atoms with Gasteiger partial charge in [0.25, 0.3) is 0 Å². The van der Waals surface area contributed by atoms with Gasteiger partial charge in [-0.15, -0.1) is 5.10 Å². The van der Waals surface area contributed by atoms with Crippen LogP contribution in [-0.4, -0.2) is 34.3 Å². The summed E-state index contributed by atoms with van der Waals surface area (Å²) in [7, 11) is 0. The lowest BCUT2D eigenvalue weighted by Gasteiger charge is -2.13. The zero-order chi connectivity index (χ0) is 11.7. The van der Waals surface area contributed by atoms with Gasteiger partial charge >= 0.3 is 0 Å². The summed E-state index contributed by atoms with van der Waals surface area (Å²) < 4.78 is 0. The third-order valence-corrected chi connectivity index (χ3v) is 3.43. The van der Waals surface area contributed by atoms with Gasteiger partial charge in [0.15, 0.2) is 0 Å². The van der Waals surface area contributed by atoms with Crippen molar-refractivity contribution in [2.75, 3.05) is 18.0 Å². The van der Waals surface area contributed by atoms with Gasteiger partial charge in [-0.3, -0.25) is 5.10 Å². The Kier molecular flexibility index (Phi) is 3.14. The molecule has 16 heavy (non-hydrogen) atoms. The van der Waals surface area contributed by atoms with Crippen molar-refractivity contribution in [1.82, 2.24) is 15.2 Å². The van der Waals surface area contributed by atoms with Crippen molar-refractivity contribution in [3.8, 4) is 0 Å². The summed E-state index contributed by atoms with van der Waals surface area (Å²) in [6.45, 7) is 8.39. The minimum atomic E-state index is 0.268. The van der Waals surface area contributed by atoms with Crippen molar-refractivity contribution in [2.45, 2.75) is 39.2 Å². The molecule has 0 amide bonds. The maximum Gasteiger partial charge on any atom is 0.244 e. The Hall–Kier alpha value is -1.10. The van der Waals surface area contributed by atoms with Gasteiger partial charge in [0.2, 0.25) is 5.95 Å². The molecule has 1 fully saturated rings. The lowest BCUT2D eigenvalue weighted by molar-refractivity contribution is 0.512. The van der Waals surface area contributed by atoms with Crippen molar-refractivity contribution < 1.29 is 0 Å². The fraction of sp³-hybridized carbons (Fsp3) is 0.818. The number of hydrogen-bond acceptors (Lipinski definition) is 4. The molecule has 1 saturated heterocycles. The Bertz CT molecular complexity index is 346. The van der Waals surface area contributed by atoms with Gasteiger partial charge in [-0.05, 0) is 12.3 Å². The molecule has 2 unspecified atom stereocenters. The van der Waals surface area contributed by atoms with E-state index in [1.807, 2.05) is 0 Å². The summed E-state index contributed by atoms with van der Waals surface area (Å²) in [5.74, 6) is 2.76. The van der Waals surface area contributed by atoms with Gasteiger partial charge in [-0.1, -0.05) is 20.8 Å². The van der Waals surface area contributed by atoms with Crippen LogP contribution in [0, 0.1) is 5.92 Å². The van der Waals surface area contributed by atoms with Crippen LogP contribution in [0.1, 0.15) is 38.9 Å². The molecule has 5 heteroatoms. The van der Waals surface area contributed by atoms with Crippen molar-refractivity contribution in [1.29, 1.82) is 0 Å². The summed E-state index contributed by atoms with van der Waals surface area (Å²) in [6.07, 6.45) is 1.03. The molecule has 1 aromatic heterocycles.